The summed E-state index contributed by atoms with van der Waals surface area (Å²) >= 11 is 0. The Kier molecular flexibility index (Phi) is 4.90. The van der Waals surface area contributed by atoms with Crippen LogP contribution in [0.4, 0.5) is 0 Å². The SMILES string of the molecule is CC(=O)N1CCC[C@@]1(CO)CC(=O)NCc1cccnc1. The van der Waals surface area contributed by atoms with Crippen molar-refractivity contribution in [2.75, 3.05) is 13.2 Å². The van der Waals surface area contributed by atoms with E-state index < -0.39 is 5.54 Å². The van der Waals surface area contributed by atoms with Gasteiger partial charge in [0, 0.05) is 32.4 Å². The van der Waals surface area contributed by atoms with Crippen molar-refractivity contribution in [1.29, 1.82) is 0 Å². The first-order chi connectivity index (χ1) is 10.1. The molecule has 0 bridgehead atoms. The van der Waals surface area contributed by atoms with E-state index in [1.54, 1.807) is 17.3 Å². The molecule has 114 valence electrons. The molecule has 0 radical (unpaired) electrons. The Bertz CT molecular complexity index is 506. The van der Waals surface area contributed by atoms with Crippen LogP contribution in [-0.2, 0) is 16.1 Å². The third-order valence-corrected chi connectivity index (χ3v) is 3.97. The fraction of sp³-hybridized carbons (Fsp3) is 0.533. The van der Waals surface area contributed by atoms with Gasteiger partial charge >= 0.3 is 0 Å². The Morgan fingerprint density at radius 2 is 2.33 bits per heavy atom. The van der Waals surface area contributed by atoms with Gasteiger partial charge in [-0.3, -0.25) is 14.6 Å². The van der Waals surface area contributed by atoms with Crippen LogP contribution >= 0.6 is 0 Å². The predicted molar refractivity (Wildman–Crippen MR) is 77.1 cm³/mol. The number of likely N-dealkylation sites (tertiary alicyclic amines) is 1. The van der Waals surface area contributed by atoms with E-state index in [1.165, 1.54) is 6.92 Å². The van der Waals surface area contributed by atoms with Crippen molar-refractivity contribution < 1.29 is 14.7 Å². The molecule has 0 spiro atoms. The van der Waals surface area contributed by atoms with E-state index in [9.17, 15) is 14.7 Å². The fourth-order valence-corrected chi connectivity index (χ4v) is 2.90. The van der Waals surface area contributed by atoms with Crippen molar-refractivity contribution >= 4 is 11.8 Å². The zero-order valence-corrected chi connectivity index (χ0v) is 12.2. The summed E-state index contributed by atoms with van der Waals surface area (Å²) in [7, 11) is 0. The number of aliphatic hydroxyl groups excluding tert-OH is 1. The molecule has 2 N–H and O–H groups in total. The van der Waals surface area contributed by atoms with Crippen molar-refractivity contribution in [1.82, 2.24) is 15.2 Å². The fourth-order valence-electron chi connectivity index (χ4n) is 2.90. The number of nitrogens with zero attached hydrogens (tertiary/aromatic N) is 2. The van der Waals surface area contributed by atoms with Crippen LogP contribution in [-0.4, -0.2) is 45.5 Å². The highest BCUT2D eigenvalue weighted by Crippen LogP contribution is 2.32. The topological polar surface area (TPSA) is 82.5 Å². The lowest BCUT2D eigenvalue weighted by Crippen LogP contribution is -2.51. The molecule has 1 aromatic heterocycles. The molecule has 6 nitrogen and oxygen atoms in total. The molecule has 1 fully saturated rings. The second kappa shape index (κ2) is 6.67. The molecule has 0 aliphatic carbocycles. The molecule has 2 amide bonds. The van der Waals surface area contributed by atoms with Gasteiger partial charge in [0.25, 0.3) is 0 Å². The summed E-state index contributed by atoms with van der Waals surface area (Å²) in [6.07, 6.45) is 4.97. The van der Waals surface area contributed by atoms with E-state index in [4.69, 9.17) is 0 Å². The van der Waals surface area contributed by atoms with Gasteiger partial charge in [-0.2, -0.15) is 0 Å². The summed E-state index contributed by atoms with van der Waals surface area (Å²) in [5.74, 6) is -0.261. The van der Waals surface area contributed by atoms with Crippen LogP contribution in [0.3, 0.4) is 0 Å². The van der Waals surface area contributed by atoms with Gasteiger partial charge in [-0.1, -0.05) is 6.07 Å². The second-order valence-electron chi connectivity index (χ2n) is 5.47. The Morgan fingerprint density at radius 1 is 1.52 bits per heavy atom. The van der Waals surface area contributed by atoms with E-state index >= 15 is 0 Å². The van der Waals surface area contributed by atoms with Gasteiger partial charge in [0.1, 0.15) is 0 Å². The molecule has 1 atom stereocenters. The summed E-state index contributed by atoms with van der Waals surface area (Å²) in [6.45, 7) is 2.29. The molecule has 0 aromatic carbocycles. The first-order valence-electron chi connectivity index (χ1n) is 7.12. The maximum Gasteiger partial charge on any atom is 0.222 e. The summed E-state index contributed by atoms with van der Waals surface area (Å²) in [4.78, 5) is 29.4. The minimum atomic E-state index is -0.745. The number of rotatable bonds is 5. The van der Waals surface area contributed by atoms with E-state index in [0.29, 0.717) is 19.5 Å². The summed E-state index contributed by atoms with van der Waals surface area (Å²) < 4.78 is 0. The maximum atomic E-state index is 12.1. The smallest absolute Gasteiger partial charge is 0.222 e. The van der Waals surface area contributed by atoms with Gasteiger partial charge in [0.15, 0.2) is 0 Å². The zero-order chi connectivity index (χ0) is 15.3. The third kappa shape index (κ3) is 3.58. The van der Waals surface area contributed by atoms with Crippen LogP contribution < -0.4 is 5.32 Å². The lowest BCUT2D eigenvalue weighted by molar-refractivity contribution is -0.137. The average molecular weight is 291 g/mol. The number of amides is 2. The van der Waals surface area contributed by atoms with E-state index in [2.05, 4.69) is 10.3 Å². The molecule has 2 rings (SSSR count). The Morgan fingerprint density at radius 3 is 2.95 bits per heavy atom. The highest BCUT2D eigenvalue weighted by Gasteiger charge is 2.43. The minimum Gasteiger partial charge on any atom is -0.394 e. The largest absolute Gasteiger partial charge is 0.394 e. The Hall–Kier alpha value is -1.95. The molecular formula is C15H21N3O3. The van der Waals surface area contributed by atoms with Crippen molar-refractivity contribution in [3.8, 4) is 0 Å². The first-order valence-corrected chi connectivity index (χ1v) is 7.12. The highest BCUT2D eigenvalue weighted by molar-refractivity contribution is 5.80. The van der Waals surface area contributed by atoms with Crippen LogP contribution in [0.15, 0.2) is 24.5 Å². The number of aliphatic hydroxyl groups is 1. The average Bonchev–Trinajstić information content (AvgIpc) is 2.90. The molecule has 1 aliphatic rings. The van der Waals surface area contributed by atoms with Gasteiger partial charge in [-0.15, -0.1) is 0 Å². The summed E-state index contributed by atoms with van der Waals surface area (Å²) in [5, 5.41) is 12.5. The van der Waals surface area contributed by atoms with E-state index in [-0.39, 0.29) is 24.8 Å². The standard InChI is InChI=1S/C15H21N3O3/c1-12(20)18-7-3-5-15(18,11-19)8-14(21)17-10-13-4-2-6-16-9-13/h2,4,6,9,19H,3,5,7-8,10-11H2,1H3,(H,17,21)/t15-/m0/s1. The van der Waals surface area contributed by atoms with Crippen molar-refractivity contribution in [3.63, 3.8) is 0 Å². The van der Waals surface area contributed by atoms with Gasteiger partial charge in [0.2, 0.25) is 11.8 Å². The van der Waals surface area contributed by atoms with E-state index in [1.807, 2.05) is 12.1 Å². The second-order valence-corrected chi connectivity index (χ2v) is 5.47. The molecule has 1 aliphatic heterocycles. The van der Waals surface area contributed by atoms with Crippen molar-refractivity contribution in [3.05, 3.63) is 30.1 Å². The van der Waals surface area contributed by atoms with Crippen LogP contribution in [0.25, 0.3) is 0 Å². The Labute approximate surface area is 124 Å². The molecule has 21 heavy (non-hydrogen) atoms. The van der Waals surface area contributed by atoms with Gasteiger partial charge in [-0.25, -0.2) is 0 Å². The molecule has 0 saturated carbocycles. The first kappa shape index (κ1) is 15.4. The quantitative estimate of drug-likeness (QED) is 0.826. The number of nitrogens with one attached hydrogen (secondary N) is 1. The molecule has 6 heteroatoms. The van der Waals surface area contributed by atoms with Gasteiger partial charge in [0.05, 0.1) is 18.6 Å². The van der Waals surface area contributed by atoms with Crippen LogP contribution in [0.2, 0.25) is 0 Å². The minimum absolute atomic E-state index is 0.0957. The zero-order valence-electron chi connectivity index (χ0n) is 12.2. The number of carbonyl (C=O) groups excluding carboxylic acids is 2. The molecule has 2 heterocycles. The van der Waals surface area contributed by atoms with Gasteiger partial charge in [-0.05, 0) is 24.5 Å². The monoisotopic (exact) mass is 291 g/mol. The van der Waals surface area contributed by atoms with Crippen LogP contribution in [0.1, 0.15) is 31.7 Å². The Balaban J connectivity index is 1.95. The number of aromatic nitrogens is 1. The number of hydrogen-bond acceptors (Lipinski definition) is 4. The summed E-state index contributed by atoms with van der Waals surface area (Å²) in [6, 6.07) is 3.69. The normalized spacial score (nSPS) is 21.3. The number of carbonyl (C=O) groups is 2. The third-order valence-electron chi connectivity index (χ3n) is 3.97. The number of pyridine rings is 1. The lowest BCUT2D eigenvalue weighted by atomic mass is 9.92. The lowest BCUT2D eigenvalue weighted by Gasteiger charge is -2.36. The van der Waals surface area contributed by atoms with E-state index in [0.717, 1.165) is 12.0 Å². The number of hydrogen-bond donors (Lipinski definition) is 2. The van der Waals surface area contributed by atoms with Crippen molar-refractivity contribution in [2.24, 2.45) is 0 Å². The van der Waals surface area contributed by atoms with Gasteiger partial charge < -0.3 is 15.3 Å². The molecule has 0 unspecified atom stereocenters. The molecular weight excluding hydrogens is 270 g/mol. The summed E-state index contributed by atoms with van der Waals surface area (Å²) in [5.41, 5.74) is 0.170. The molecule has 1 aromatic rings. The van der Waals surface area contributed by atoms with Crippen LogP contribution in [0.5, 0.6) is 0 Å². The molecule has 1 saturated heterocycles. The maximum absolute atomic E-state index is 12.1. The van der Waals surface area contributed by atoms with Crippen LogP contribution in [0, 0.1) is 0 Å². The highest BCUT2D eigenvalue weighted by atomic mass is 16.3. The predicted octanol–water partition coefficient (Wildman–Crippen LogP) is 0.461. The van der Waals surface area contributed by atoms with Crippen molar-refractivity contribution in [2.45, 2.75) is 38.3 Å².